The van der Waals surface area contributed by atoms with E-state index >= 15 is 0 Å². The van der Waals surface area contributed by atoms with Gasteiger partial charge in [-0.3, -0.25) is 0 Å². The zero-order valence-corrected chi connectivity index (χ0v) is 20.4. The van der Waals surface area contributed by atoms with E-state index in [-0.39, 0.29) is 12.2 Å². The Labute approximate surface area is 182 Å². The van der Waals surface area contributed by atoms with Crippen LogP contribution in [0, 0.1) is 17.2 Å². The maximum absolute atomic E-state index is 12.2. The van der Waals surface area contributed by atoms with Gasteiger partial charge in [0.1, 0.15) is 17.4 Å². The van der Waals surface area contributed by atoms with Gasteiger partial charge in [-0.2, -0.15) is 5.26 Å². The number of hydrogen-bond acceptors (Lipinski definition) is 5. The molecule has 7 heteroatoms. The first-order valence-corrected chi connectivity index (χ1v) is 14.4. The van der Waals surface area contributed by atoms with Crippen molar-refractivity contribution in [3.8, 4) is 6.07 Å². The van der Waals surface area contributed by atoms with E-state index in [9.17, 15) is 4.79 Å². The number of ether oxygens (including phenoxy) is 1. The highest BCUT2D eigenvalue weighted by atomic mass is 28.4. The van der Waals surface area contributed by atoms with Crippen molar-refractivity contribution < 1.29 is 14.0 Å². The topological polar surface area (TPSA) is 75.4 Å². The lowest BCUT2D eigenvalue weighted by Gasteiger charge is -2.33. The largest absolute Gasteiger partial charge is 0.444 e. The third-order valence-corrected chi connectivity index (χ3v) is 6.10. The van der Waals surface area contributed by atoms with Gasteiger partial charge in [-0.05, 0) is 83.3 Å². The van der Waals surface area contributed by atoms with Crippen LogP contribution in [0.25, 0.3) is 0 Å². The summed E-state index contributed by atoms with van der Waals surface area (Å²) >= 11 is 0. The predicted molar refractivity (Wildman–Crippen MR) is 121 cm³/mol. The Morgan fingerprint density at radius 2 is 2.00 bits per heavy atom. The molecule has 1 amide bonds. The van der Waals surface area contributed by atoms with Crippen LogP contribution in [0.4, 0.5) is 4.79 Å². The molecule has 1 unspecified atom stereocenters. The minimum Gasteiger partial charge on any atom is -0.444 e. The summed E-state index contributed by atoms with van der Waals surface area (Å²) in [5.41, 5.74) is 1.03. The summed E-state index contributed by atoms with van der Waals surface area (Å²) in [5, 5.41) is 9.16. The van der Waals surface area contributed by atoms with Crippen molar-refractivity contribution in [2.75, 3.05) is 13.1 Å². The zero-order valence-electron chi connectivity index (χ0n) is 19.4. The number of aromatic nitrogens is 1. The molecule has 0 bridgehead atoms. The van der Waals surface area contributed by atoms with Crippen molar-refractivity contribution in [2.45, 2.75) is 84.2 Å². The monoisotopic (exact) mass is 431 g/mol. The number of nitrogens with zero attached hydrogens (tertiary/aromatic N) is 3. The number of likely N-dealkylation sites (tertiary alicyclic amines) is 1. The van der Waals surface area contributed by atoms with Gasteiger partial charge in [-0.1, -0.05) is 12.8 Å². The number of carbonyl (C=O) groups excluding carboxylic acids is 1. The molecule has 6 nitrogen and oxygen atoms in total. The summed E-state index contributed by atoms with van der Waals surface area (Å²) in [7, 11) is -1.72. The van der Waals surface area contributed by atoms with Crippen LogP contribution in [-0.2, 0) is 9.16 Å². The number of pyridine rings is 1. The molecule has 0 aliphatic carbocycles. The second-order valence-corrected chi connectivity index (χ2v) is 14.6. The van der Waals surface area contributed by atoms with Crippen LogP contribution in [0.2, 0.25) is 19.6 Å². The van der Waals surface area contributed by atoms with Crippen LogP contribution in [0.1, 0.15) is 70.2 Å². The van der Waals surface area contributed by atoms with Gasteiger partial charge >= 0.3 is 6.09 Å². The molecule has 30 heavy (non-hydrogen) atoms. The first-order valence-electron chi connectivity index (χ1n) is 11.0. The molecule has 1 aromatic heterocycles. The van der Waals surface area contributed by atoms with Gasteiger partial charge in [0, 0.05) is 19.3 Å². The predicted octanol–water partition coefficient (Wildman–Crippen LogP) is 5.66. The van der Waals surface area contributed by atoms with Gasteiger partial charge in [-0.15, -0.1) is 0 Å². The zero-order chi connectivity index (χ0) is 22.4. The Morgan fingerprint density at radius 3 is 2.57 bits per heavy atom. The molecule has 1 saturated heterocycles. The summed E-state index contributed by atoms with van der Waals surface area (Å²) in [4.78, 5) is 18.1. The highest BCUT2D eigenvalue weighted by molar-refractivity contribution is 6.69. The quantitative estimate of drug-likeness (QED) is 0.520. The molecule has 0 spiro atoms. The fraction of sp³-hybridized carbons (Fsp3) is 0.696. The van der Waals surface area contributed by atoms with E-state index < -0.39 is 13.9 Å². The molecule has 0 N–H and O–H groups in total. The standard InChI is InChI=1S/C23H37N3O3Si/c1-23(2,3)28-22(27)26-14-11-18(12-15-26)8-7-9-21(29-30(4,5)6)19-10-13-25-20(16-19)17-24/h10,13,16,18,21H,7-9,11-12,14-15H2,1-6H3. The van der Waals surface area contributed by atoms with E-state index in [2.05, 4.69) is 30.7 Å². The molecule has 0 aromatic carbocycles. The minimum atomic E-state index is -1.72. The van der Waals surface area contributed by atoms with Gasteiger partial charge in [-0.25, -0.2) is 9.78 Å². The molecule has 0 saturated carbocycles. The van der Waals surface area contributed by atoms with E-state index in [1.54, 1.807) is 6.20 Å². The van der Waals surface area contributed by atoms with Crippen molar-refractivity contribution in [2.24, 2.45) is 5.92 Å². The Hall–Kier alpha value is -1.91. The van der Waals surface area contributed by atoms with Crippen molar-refractivity contribution in [1.82, 2.24) is 9.88 Å². The number of piperidine rings is 1. The van der Waals surface area contributed by atoms with Crippen LogP contribution in [0.15, 0.2) is 18.3 Å². The number of nitriles is 1. The summed E-state index contributed by atoms with van der Waals surface area (Å²) in [6.07, 6.45) is 6.68. The molecule has 1 aliphatic rings. The Bertz CT molecular complexity index is 741. The van der Waals surface area contributed by atoms with E-state index in [1.807, 2.05) is 37.8 Å². The summed E-state index contributed by atoms with van der Waals surface area (Å²) in [6.45, 7) is 13.8. The molecular formula is C23H37N3O3Si. The van der Waals surface area contributed by atoms with Crippen molar-refractivity contribution in [3.05, 3.63) is 29.6 Å². The molecule has 1 aromatic rings. The third-order valence-electron chi connectivity index (χ3n) is 5.11. The highest BCUT2D eigenvalue weighted by Crippen LogP contribution is 2.30. The lowest BCUT2D eigenvalue weighted by molar-refractivity contribution is 0.0179. The SMILES string of the molecule is CC(C)(C)OC(=O)N1CCC(CCCC(O[Si](C)(C)C)c2ccnc(C#N)c2)CC1. The van der Waals surface area contributed by atoms with Gasteiger partial charge < -0.3 is 14.1 Å². The Morgan fingerprint density at radius 1 is 1.33 bits per heavy atom. The fourth-order valence-electron chi connectivity index (χ4n) is 3.75. The average Bonchev–Trinajstić information content (AvgIpc) is 2.65. The molecule has 2 rings (SSSR count). The van der Waals surface area contributed by atoms with E-state index in [0.717, 1.165) is 50.8 Å². The maximum Gasteiger partial charge on any atom is 0.410 e. The third kappa shape index (κ3) is 8.45. The number of amides is 1. The van der Waals surface area contributed by atoms with Gasteiger partial charge in [0.25, 0.3) is 0 Å². The molecule has 2 heterocycles. The minimum absolute atomic E-state index is 0.00798. The van der Waals surface area contributed by atoms with Gasteiger partial charge in [0.15, 0.2) is 8.32 Å². The molecule has 0 radical (unpaired) electrons. The van der Waals surface area contributed by atoms with E-state index in [1.165, 1.54) is 0 Å². The summed E-state index contributed by atoms with van der Waals surface area (Å²) in [6, 6.07) is 5.94. The second kappa shape index (κ2) is 10.4. The number of rotatable bonds is 7. The molecule has 1 fully saturated rings. The first-order chi connectivity index (χ1) is 14.0. The van der Waals surface area contributed by atoms with Gasteiger partial charge in [0.05, 0.1) is 6.10 Å². The number of carbonyl (C=O) groups is 1. The van der Waals surface area contributed by atoms with Crippen LogP contribution in [-0.4, -0.2) is 43.0 Å². The van der Waals surface area contributed by atoms with E-state index in [0.29, 0.717) is 11.6 Å². The lowest BCUT2D eigenvalue weighted by Crippen LogP contribution is -2.41. The van der Waals surface area contributed by atoms with Crippen molar-refractivity contribution in [1.29, 1.82) is 5.26 Å². The number of hydrogen-bond donors (Lipinski definition) is 0. The summed E-state index contributed by atoms with van der Waals surface area (Å²) in [5.74, 6) is 0.628. The lowest BCUT2D eigenvalue weighted by atomic mass is 9.90. The van der Waals surface area contributed by atoms with E-state index in [4.69, 9.17) is 14.4 Å². The molecule has 1 atom stereocenters. The normalized spacial score (nSPS) is 16.8. The van der Waals surface area contributed by atoms with Crippen LogP contribution >= 0.6 is 0 Å². The van der Waals surface area contributed by atoms with Crippen molar-refractivity contribution in [3.63, 3.8) is 0 Å². The van der Waals surface area contributed by atoms with Crippen molar-refractivity contribution >= 4 is 14.4 Å². The maximum atomic E-state index is 12.2. The van der Waals surface area contributed by atoms with Crippen LogP contribution < -0.4 is 0 Å². The van der Waals surface area contributed by atoms with Crippen LogP contribution in [0.3, 0.4) is 0 Å². The Kier molecular flexibility index (Phi) is 8.45. The molecule has 1 aliphatic heterocycles. The molecular weight excluding hydrogens is 394 g/mol. The first kappa shape index (κ1) is 24.4. The summed E-state index contributed by atoms with van der Waals surface area (Å²) < 4.78 is 11.9. The van der Waals surface area contributed by atoms with Gasteiger partial charge in [0.2, 0.25) is 0 Å². The fourth-order valence-corrected chi connectivity index (χ4v) is 4.86. The highest BCUT2D eigenvalue weighted by Gasteiger charge is 2.27. The smallest absolute Gasteiger partial charge is 0.410 e. The molecule has 166 valence electrons. The second-order valence-electron chi connectivity index (χ2n) is 10.1. The van der Waals surface area contributed by atoms with Crippen LogP contribution in [0.5, 0.6) is 0 Å². The Balaban J connectivity index is 1.85. The average molecular weight is 432 g/mol.